The second-order valence-electron chi connectivity index (χ2n) is 14.9. The molecule has 5 atom stereocenters. The summed E-state index contributed by atoms with van der Waals surface area (Å²) in [5.74, 6) is -3.50. The molecule has 0 radical (unpaired) electrons. The minimum Gasteiger partial charge on any atom is -0.497 e. The lowest BCUT2D eigenvalue weighted by atomic mass is 9.99. The van der Waals surface area contributed by atoms with Crippen LogP contribution >= 0.6 is 34.8 Å². The molecule has 2 amide bonds. The van der Waals surface area contributed by atoms with E-state index >= 15 is 0 Å². The number of benzene rings is 2. The number of esters is 3. The van der Waals surface area contributed by atoms with E-state index in [1.807, 2.05) is 63.3 Å². The van der Waals surface area contributed by atoms with Crippen molar-refractivity contribution in [3.8, 4) is 5.75 Å². The van der Waals surface area contributed by atoms with E-state index in [1.165, 1.54) is 19.3 Å². The molecule has 2 N–H and O–H groups in total. The van der Waals surface area contributed by atoms with Gasteiger partial charge in [0.25, 0.3) is 0 Å². The standard InChI is InChI=1S/C42H55Cl3N2O10/c1-27(2)23-35(56-37(49)29(4)25-46-40(52)57-41(5,6)7)39(51)55-34(28(3)17-18-30-13-10-9-11-14-30)15-12-16-36(48)47-33(38(50)54-26-42(43,44)45)24-31-19-21-32(53-8)22-20-31/h9-14,16-22,27-29,33-35H,15,23-26H2,1-8H3,(H,46,52)(H,47,48)/b16-12+,18-17+/t28-,29-,33-,34+,35+/m1/s1. The molecule has 0 aliphatic rings. The Hall–Kier alpha value is -4.26. The van der Waals surface area contributed by atoms with Crippen LogP contribution in [0.4, 0.5) is 4.79 Å². The van der Waals surface area contributed by atoms with Crippen LogP contribution in [0.5, 0.6) is 5.75 Å². The summed E-state index contributed by atoms with van der Waals surface area (Å²) in [6.07, 6.45) is 4.11. The van der Waals surface area contributed by atoms with E-state index < -0.39 is 70.1 Å². The zero-order valence-corrected chi connectivity index (χ0v) is 36.0. The second-order valence-corrected chi connectivity index (χ2v) is 17.4. The van der Waals surface area contributed by atoms with Gasteiger partial charge in [-0.15, -0.1) is 0 Å². The summed E-state index contributed by atoms with van der Waals surface area (Å²) >= 11 is 17.3. The molecule has 0 aliphatic heterocycles. The summed E-state index contributed by atoms with van der Waals surface area (Å²) in [6, 6.07) is 15.3. The fourth-order valence-corrected chi connectivity index (χ4v) is 5.19. The van der Waals surface area contributed by atoms with E-state index in [4.69, 9.17) is 58.5 Å². The molecule has 0 saturated heterocycles. The van der Waals surface area contributed by atoms with Crippen molar-refractivity contribution in [3.63, 3.8) is 0 Å². The quantitative estimate of drug-likeness (QED) is 0.0580. The molecule has 0 fully saturated rings. The molecular weight excluding hydrogens is 799 g/mol. The molecule has 0 unspecified atom stereocenters. The number of carbonyl (C=O) groups excluding carboxylic acids is 5. The zero-order chi connectivity index (χ0) is 42.8. The van der Waals surface area contributed by atoms with E-state index in [-0.39, 0.29) is 37.6 Å². The molecule has 0 aromatic heterocycles. The van der Waals surface area contributed by atoms with Crippen LogP contribution in [0.3, 0.4) is 0 Å². The monoisotopic (exact) mass is 852 g/mol. The Balaban J connectivity index is 2.25. The molecule has 0 saturated carbocycles. The number of halogens is 3. The minimum atomic E-state index is -1.86. The highest BCUT2D eigenvalue weighted by atomic mass is 35.6. The van der Waals surface area contributed by atoms with Crippen LogP contribution in [-0.2, 0) is 44.5 Å². The highest BCUT2D eigenvalue weighted by Crippen LogP contribution is 2.26. The summed E-state index contributed by atoms with van der Waals surface area (Å²) in [7, 11) is 1.53. The topological polar surface area (TPSA) is 156 Å². The van der Waals surface area contributed by atoms with E-state index in [9.17, 15) is 24.0 Å². The van der Waals surface area contributed by atoms with Crippen LogP contribution in [0, 0.1) is 17.8 Å². The normalized spacial score (nSPS) is 14.6. The van der Waals surface area contributed by atoms with Gasteiger partial charge in [-0.1, -0.05) is 123 Å². The van der Waals surface area contributed by atoms with Crippen LogP contribution < -0.4 is 15.4 Å². The average Bonchev–Trinajstić information content (AvgIpc) is 3.13. The van der Waals surface area contributed by atoms with Gasteiger partial charge >= 0.3 is 24.0 Å². The minimum absolute atomic E-state index is 0.0460. The number of ether oxygens (including phenoxy) is 5. The molecular formula is C42H55Cl3N2O10. The third-order valence-electron chi connectivity index (χ3n) is 8.02. The Morgan fingerprint density at radius 1 is 0.842 bits per heavy atom. The third kappa shape index (κ3) is 20.6. The Labute approximate surface area is 350 Å². The Kier molecular flexibility index (Phi) is 20.5. The van der Waals surface area contributed by atoms with Crippen molar-refractivity contribution >= 4 is 70.8 Å². The van der Waals surface area contributed by atoms with Gasteiger partial charge in [0.2, 0.25) is 9.70 Å². The highest BCUT2D eigenvalue weighted by Gasteiger charge is 2.32. The second kappa shape index (κ2) is 23.8. The first-order valence-corrected chi connectivity index (χ1v) is 19.7. The van der Waals surface area contributed by atoms with E-state index in [0.717, 1.165) is 5.56 Å². The zero-order valence-electron chi connectivity index (χ0n) is 33.7. The molecule has 0 aliphatic carbocycles. The molecule has 15 heteroatoms. The number of alkyl halides is 3. The fourth-order valence-electron chi connectivity index (χ4n) is 5.03. The maximum atomic E-state index is 13.7. The van der Waals surface area contributed by atoms with Gasteiger partial charge in [-0.05, 0) is 62.4 Å². The summed E-state index contributed by atoms with van der Waals surface area (Å²) in [6.45, 7) is 11.7. The Morgan fingerprint density at radius 2 is 1.49 bits per heavy atom. The number of nitrogens with one attached hydrogen (secondary N) is 2. The van der Waals surface area contributed by atoms with E-state index in [1.54, 1.807) is 52.0 Å². The number of rotatable bonds is 20. The summed E-state index contributed by atoms with van der Waals surface area (Å²) in [4.78, 5) is 65.1. The highest BCUT2D eigenvalue weighted by molar-refractivity contribution is 6.67. The molecule has 2 aromatic rings. The van der Waals surface area contributed by atoms with Gasteiger partial charge in [0.1, 0.15) is 30.1 Å². The fraction of sp³-hybridized carbons (Fsp3) is 0.500. The SMILES string of the molecule is COc1ccc(C[C@@H](NC(=O)/C=C/C[C@H](OC(=O)[C@H](CC(C)C)OC(=O)[C@H](C)CNC(=O)OC(C)(C)C)[C@H](C)/C=C/c2ccccc2)C(=O)OCC(Cl)(Cl)Cl)cc1. The Bertz CT molecular complexity index is 1650. The van der Waals surface area contributed by atoms with Crippen molar-refractivity contribution in [3.05, 3.63) is 84.0 Å². The first kappa shape index (κ1) is 48.9. The van der Waals surface area contributed by atoms with Crippen molar-refractivity contribution in [2.24, 2.45) is 17.8 Å². The third-order valence-corrected chi connectivity index (χ3v) is 8.35. The maximum Gasteiger partial charge on any atom is 0.407 e. The van der Waals surface area contributed by atoms with Gasteiger partial charge in [0, 0.05) is 25.3 Å². The summed E-state index contributed by atoms with van der Waals surface area (Å²) in [5, 5.41) is 5.19. The largest absolute Gasteiger partial charge is 0.497 e. The molecule has 0 bridgehead atoms. The molecule has 0 spiro atoms. The number of hydrogen-bond acceptors (Lipinski definition) is 10. The van der Waals surface area contributed by atoms with E-state index in [2.05, 4.69) is 10.6 Å². The van der Waals surface area contributed by atoms with Crippen molar-refractivity contribution in [2.75, 3.05) is 20.3 Å². The number of carbonyl (C=O) groups is 5. The predicted molar refractivity (Wildman–Crippen MR) is 221 cm³/mol. The van der Waals surface area contributed by atoms with Crippen LogP contribution in [-0.4, -0.2) is 77.8 Å². The number of methoxy groups -OCH3 is 1. The van der Waals surface area contributed by atoms with E-state index in [0.29, 0.717) is 11.3 Å². The van der Waals surface area contributed by atoms with Crippen molar-refractivity contribution < 1.29 is 47.7 Å². The first-order chi connectivity index (χ1) is 26.6. The van der Waals surface area contributed by atoms with Gasteiger partial charge in [0.15, 0.2) is 6.10 Å². The predicted octanol–water partition coefficient (Wildman–Crippen LogP) is 7.96. The molecule has 2 rings (SSSR count). The van der Waals surface area contributed by atoms with Crippen molar-refractivity contribution in [1.29, 1.82) is 0 Å². The lowest BCUT2D eigenvalue weighted by molar-refractivity contribution is -0.175. The average molecular weight is 854 g/mol. The lowest BCUT2D eigenvalue weighted by Crippen LogP contribution is -2.43. The van der Waals surface area contributed by atoms with Crippen LogP contribution in [0.15, 0.2) is 72.8 Å². The molecule has 314 valence electrons. The van der Waals surface area contributed by atoms with Gasteiger partial charge in [-0.3, -0.25) is 9.59 Å². The van der Waals surface area contributed by atoms with Crippen molar-refractivity contribution in [1.82, 2.24) is 10.6 Å². The molecule has 2 aromatic carbocycles. The van der Waals surface area contributed by atoms with Gasteiger partial charge in [-0.2, -0.15) is 0 Å². The van der Waals surface area contributed by atoms with Gasteiger partial charge in [-0.25, -0.2) is 14.4 Å². The van der Waals surface area contributed by atoms with Crippen molar-refractivity contribution in [2.45, 2.75) is 95.4 Å². The molecule has 12 nitrogen and oxygen atoms in total. The lowest BCUT2D eigenvalue weighted by Gasteiger charge is -2.26. The number of amides is 2. The molecule has 0 heterocycles. The first-order valence-electron chi connectivity index (χ1n) is 18.6. The maximum absolute atomic E-state index is 13.7. The van der Waals surface area contributed by atoms with Crippen LogP contribution in [0.2, 0.25) is 0 Å². The van der Waals surface area contributed by atoms with Gasteiger partial charge in [0.05, 0.1) is 13.0 Å². The smallest absolute Gasteiger partial charge is 0.407 e. The van der Waals surface area contributed by atoms with Crippen LogP contribution in [0.1, 0.15) is 72.4 Å². The van der Waals surface area contributed by atoms with Gasteiger partial charge < -0.3 is 34.3 Å². The van der Waals surface area contributed by atoms with Crippen LogP contribution in [0.25, 0.3) is 6.08 Å². The number of hydrogen-bond donors (Lipinski definition) is 2. The summed E-state index contributed by atoms with van der Waals surface area (Å²) in [5.41, 5.74) is 0.909. The summed E-state index contributed by atoms with van der Waals surface area (Å²) < 4.78 is 25.4. The Morgan fingerprint density at radius 3 is 2.07 bits per heavy atom. The number of alkyl carbamates (subject to hydrolysis) is 1. The molecule has 57 heavy (non-hydrogen) atoms.